The number of carboxylic acids is 1. The summed E-state index contributed by atoms with van der Waals surface area (Å²) in [5.74, 6) is 0.465. The number of ether oxygens (including phenoxy) is 1. The van der Waals surface area contributed by atoms with Gasteiger partial charge in [-0.2, -0.15) is 11.8 Å². The quantitative estimate of drug-likeness (QED) is 0.699. The normalized spacial score (nSPS) is 16.5. The van der Waals surface area contributed by atoms with E-state index >= 15 is 0 Å². The van der Waals surface area contributed by atoms with E-state index in [4.69, 9.17) is 9.84 Å². The molecule has 0 atom stereocenters. The first-order valence-corrected chi connectivity index (χ1v) is 9.46. The van der Waals surface area contributed by atoms with E-state index in [0.717, 1.165) is 49.1 Å². The lowest BCUT2D eigenvalue weighted by atomic mass is 9.84. The molecule has 6 heteroatoms. The molecule has 1 saturated carbocycles. The number of rotatable bonds is 8. The number of anilines is 1. The van der Waals surface area contributed by atoms with Crippen molar-refractivity contribution in [2.45, 2.75) is 49.9 Å². The van der Waals surface area contributed by atoms with E-state index in [1.54, 1.807) is 18.9 Å². The molecule has 1 fully saturated rings. The average Bonchev–Trinajstić information content (AvgIpc) is 2.59. The summed E-state index contributed by atoms with van der Waals surface area (Å²) in [4.78, 5) is 23.2. The molecule has 5 nitrogen and oxygen atoms in total. The summed E-state index contributed by atoms with van der Waals surface area (Å²) in [7, 11) is 1.61. The highest BCUT2D eigenvalue weighted by atomic mass is 32.2. The third kappa shape index (κ3) is 5.24. The van der Waals surface area contributed by atoms with Crippen LogP contribution in [0.4, 0.5) is 5.69 Å². The maximum Gasteiger partial charge on any atom is 0.304 e. The number of carboxylic acid groups (broad SMARTS) is 1. The number of hydrogen-bond acceptors (Lipinski definition) is 4. The number of carbonyl (C=O) groups is 2. The second-order valence-electron chi connectivity index (χ2n) is 6.11. The molecule has 0 aliphatic heterocycles. The van der Waals surface area contributed by atoms with Crippen LogP contribution in [-0.4, -0.2) is 35.4 Å². The Morgan fingerprint density at radius 2 is 2.04 bits per heavy atom. The molecule has 0 radical (unpaired) electrons. The SMILES string of the molecule is COC1(C(=O)Nc2cccc(CSCCC(=O)O)c2)CCCCC1. The lowest BCUT2D eigenvalue weighted by Crippen LogP contribution is -2.46. The maximum absolute atomic E-state index is 12.7. The molecule has 132 valence electrons. The highest BCUT2D eigenvalue weighted by Crippen LogP contribution is 2.32. The number of amides is 1. The number of aliphatic carboxylic acids is 1. The Kier molecular flexibility index (Phi) is 7.12. The summed E-state index contributed by atoms with van der Waals surface area (Å²) >= 11 is 1.58. The van der Waals surface area contributed by atoms with Crippen LogP contribution in [-0.2, 0) is 20.1 Å². The molecule has 0 spiro atoms. The largest absolute Gasteiger partial charge is 0.481 e. The van der Waals surface area contributed by atoms with E-state index in [1.165, 1.54) is 0 Å². The van der Waals surface area contributed by atoms with Gasteiger partial charge in [0.1, 0.15) is 5.60 Å². The molecule has 0 saturated heterocycles. The van der Waals surface area contributed by atoms with Crippen LogP contribution in [0.3, 0.4) is 0 Å². The van der Waals surface area contributed by atoms with Gasteiger partial charge in [0.15, 0.2) is 0 Å². The van der Waals surface area contributed by atoms with Crippen molar-refractivity contribution in [1.29, 1.82) is 0 Å². The molecular weight excluding hydrogens is 326 g/mol. The number of benzene rings is 1. The Balaban J connectivity index is 1.93. The molecule has 0 heterocycles. The molecule has 1 aliphatic rings. The van der Waals surface area contributed by atoms with Crippen molar-refractivity contribution in [3.63, 3.8) is 0 Å². The minimum atomic E-state index is -0.777. The van der Waals surface area contributed by atoms with Gasteiger partial charge in [0.25, 0.3) is 5.91 Å². The van der Waals surface area contributed by atoms with Crippen LogP contribution in [0.2, 0.25) is 0 Å². The fourth-order valence-corrected chi connectivity index (χ4v) is 3.86. The topological polar surface area (TPSA) is 75.6 Å². The highest BCUT2D eigenvalue weighted by Gasteiger charge is 2.39. The molecular formula is C18H25NO4S. The first-order valence-electron chi connectivity index (χ1n) is 8.31. The maximum atomic E-state index is 12.7. The first kappa shape index (κ1) is 18.8. The fourth-order valence-electron chi connectivity index (χ4n) is 2.98. The van der Waals surface area contributed by atoms with Gasteiger partial charge in [0, 0.05) is 24.3 Å². The van der Waals surface area contributed by atoms with Crippen LogP contribution < -0.4 is 5.32 Å². The number of methoxy groups -OCH3 is 1. The van der Waals surface area contributed by atoms with Crippen LogP contribution >= 0.6 is 11.8 Å². The Morgan fingerprint density at radius 1 is 1.29 bits per heavy atom. The molecule has 1 aromatic rings. The van der Waals surface area contributed by atoms with E-state index in [2.05, 4.69) is 5.32 Å². The van der Waals surface area contributed by atoms with E-state index in [-0.39, 0.29) is 12.3 Å². The van der Waals surface area contributed by atoms with Gasteiger partial charge < -0.3 is 15.2 Å². The minimum absolute atomic E-state index is 0.0691. The third-order valence-corrected chi connectivity index (χ3v) is 5.41. The van der Waals surface area contributed by atoms with Gasteiger partial charge in [-0.15, -0.1) is 0 Å². The monoisotopic (exact) mass is 351 g/mol. The van der Waals surface area contributed by atoms with Crippen molar-refractivity contribution in [1.82, 2.24) is 0 Å². The Bertz CT molecular complexity index is 570. The van der Waals surface area contributed by atoms with E-state index < -0.39 is 11.6 Å². The smallest absolute Gasteiger partial charge is 0.304 e. The first-order chi connectivity index (χ1) is 11.6. The molecule has 1 aromatic carbocycles. The zero-order valence-corrected chi connectivity index (χ0v) is 14.9. The number of nitrogens with one attached hydrogen (secondary N) is 1. The number of hydrogen-bond donors (Lipinski definition) is 2. The van der Waals surface area contributed by atoms with Crippen molar-refractivity contribution in [2.24, 2.45) is 0 Å². The molecule has 0 unspecified atom stereocenters. The second kappa shape index (κ2) is 9.08. The van der Waals surface area contributed by atoms with Gasteiger partial charge in [0.05, 0.1) is 6.42 Å². The van der Waals surface area contributed by atoms with E-state index in [1.807, 2.05) is 24.3 Å². The average molecular weight is 351 g/mol. The standard InChI is InChI=1S/C18H25NO4S/c1-23-18(9-3-2-4-10-18)17(22)19-15-7-5-6-14(12-15)13-24-11-8-16(20)21/h5-7,12H,2-4,8-11,13H2,1H3,(H,19,22)(H,20,21). The molecule has 0 bridgehead atoms. The van der Waals surface area contributed by atoms with Crippen LogP contribution in [0.1, 0.15) is 44.1 Å². The van der Waals surface area contributed by atoms with Gasteiger partial charge >= 0.3 is 5.97 Å². The van der Waals surface area contributed by atoms with E-state index in [0.29, 0.717) is 5.75 Å². The Hall–Kier alpha value is -1.53. The summed E-state index contributed by atoms with van der Waals surface area (Å²) < 4.78 is 5.57. The Labute approximate surface area is 147 Å². The van der Waals surface area contributed by atoms with Crippen LogP contribution in [0.5, 0.6) is 0 Å². The predicted octanol–water partition coefficient (Wildman–Crippen LogP) is 3.68. The summed E-state index contributed by atoms with van der Waals surface area (Å²) in [6.07, 6.45) is 4.88. The molecule has 2 N–H and O–H groups in total. The molecule has 2 rings (SSSR count). The molecule has 24 heavy (non-hydrogen) atoms. The highest BCUT2D eigenvalue weighted by molar-refractivity contribution is 7.98. The van der Waals surface area contributed by atoms with Gasteiger partial charge in [-0.3, -0.25) is 9.59 Å². The zero-order valence-electron chi connectivity index (χ0n) is 14.0. The Morgan fingerprint density at radius 3 is 2.71 bits per heavy atom. The summed E-state index contributed by atoms with van der Waals surface area (Å²) in [6.45, 7) is 0. The van der Waals surface area contributed by atoms with Crippen molar-refractivity contribution >= 4 is 29.3 Å². The minimum Gasteiger partial charge on any atom is -0.481 e. The second-order valence-corrected chi connectivity index (χ2v) is 7.22. The molecule has 0 aromatic heterocycles. The van der Waals surface area contributed by atoms with Gasteiger partial charge in [-0.1, -0.05) is 31.4 Å². The summed E-state index contributed by atoms with van der Waals surface area (Å²) in [6, 6.07) is 7.70. The summed E-state index contributed by atoms with van der Waals surface area (Å²) in [5.41, 5.74) is 1.13. The predicted molar refractivity (Wildman–Crippen MR) is 96.3 cm³/mol. The van der Waals surface area contributed by atoms with E-state index in [9.17, 15) is 9.59 Å². The van der Waals surface area contributed by atoms with Crippen molar-refractivity contribution in [3.8, 4) is 0 Å². The van der Waals surface area contributed by atoms with Gasteiger partial charge in [-0.05, 0) is 30.5 Å². The van der Waals surface area contributed by atoms with Crippen molar-refractivity contribution in [2.75, 3.05) is 18.2 Å². The van der Waals surface area contributed by atoms with Crippen LogP contribution in [0, 0.1) is 0 Å². The lowest BCUT2D eigenvalue weighted by molar-refractivity contribution is -0.141. The lowest BCUT2D eigenvalue weighted by Gasteiger charge is -2.34. The summed E-state index contributed by atoms with van der Waals surface area (Å²) in [5, 5.41) is 11.6. The van der Waals surface area contributed by atoms with Gasteiger partial charge in [0.2, 0.25) is 0 Å². The van der Waals surface area contributed by atoms with Crippen LogP contribution in [0.15, 0.2) is 24.3 Å². The number of thioether (sulfide) groups is 1. The third-order valence-electron chi connectivity index (χ3n) is 4.38. The van der Waals surface area contributed by atoms with Gasteiger partial charge in [-0.25, -0.2) is 0 Å². The van der Waals surface area contributed by atoms with Crippen LogP contribution in [0.25, 0.3) is 0 Å². The van der Waals surface area contributed by atoms with Crippen molar-refractivity contribution in [3.05, 3.63) is 29.8 Å². The number of carbonyl (C=O) groups excluding carboxylic acids is 1. The molecule has 1 amide bonds. The van der Waals surface area contributed by atoms with Crippen molar-refractivity contribution < 1.29 is 19.4 Å². The fraction of sp³-hybridized carbons (Fsp3) is 0.556. The zero-order chi connectivity index (χ0) is 17.4. The molecule has 1 aliphatic carbocycles.